The van der Waals surface area contributed by atoms with Gasteiger partial charge in [0.15, 0.2) is 11.4 Å². The first-order chi connectivity index (χ1) is 16.4. The first-order valence-electron chi connectivity index (χ1n) is 11.1. The molecule has 0 atom stereocenters. The van der Waals surface area contributed by atoms with Crippen molar-refractivity contribution < 1.29 is 14.1 Å². The second-order valence-electron chi connectivity index (χ2n) is 7.67. The molecule has 0 spiro atoms. The van der Waals surface area contributed by atoms with Crippen LogP contribution >= 0.6 is 0 Å². The Hall–Kier alpha value is -4.15. The summed E-state index contributed by atoms with van der Waals surface area (Å²) in [4.78, 5) is 33.7. The third-order valence-electron chi connectivity index (χ3n) is 5.27. The number of aryl methyl sites for hydroxylation is 2. The van der Waals surface area contributed by atoms with E-state index in [-0.39, 0.29) is 17.4 Å². The third-order valence-corrected chi connectivity index (χ3v) is 5.27. The van der Waals surface area contributed by atoms with Crippen molar-refractivity contribution in [3.05, 3.63) is 40.5 Å². The maximum Gasteiger partial charge on any atom is 0.277 e. The molecule has 3 heterocycles. The first kappa shape index (κ1) is 23.0. The fraction of sp³-hybridized carbons (Fsp3) is 0.348. The summed E-state index contributed by atoms with van der Waals surface area (Å²) < 4.78 is 12.1. The fourth-order valence-corrected chi connectivity index (χ4v) is 3.54. The average molecular weight is 466 g/mol. The standard InChI is InChI=1S/C21H21N7O4.C2H6/c1-10-22-18(27-32-10)12-5-4-6-13(17(12)31-3)23-14-9-15(25-20(29)11-7-8-11)24-19-16(14)21(30)28(2)26-19;1-2/h4-6,9,11H,7-8H2,1-3H3,(H3,23,24,25,26,29);1-2H3. The Bertz CT molecular complexity index is 1400. The van der Waals surface area contributed by atoms with E-state index in [0.29, 0.717) is 51.3 Å². The van der Waals surface area contributed by atoms with Gasteiger partial charge in [-0.25, -0.2) is 4.98 Å². The molecule has 11 heteroatoms. The maximum atomic E-state index is 12.7. The topological polar surface area (TPSA) is 140 Å². The van der Waals surface area contributed by atoms with Crippen molar-refractivity contribution in [3.8, 4) is 17.1 Å². The Labute approximate surface area is 195 Å². The van der Waals surface area contributed by atoms with Gasteiger partial charge in [0.25, 0.3) is 5.56 Å². The first-order valence-corrected chi connectivity index (χ1v) is 11.1. The SMILES string of the molecule is CC.COc1c(Nc2cc(NC(=O)C3CC3)nc3[nH]n(C)c(=O)c23)cccc1-c1noc(C)n1. The average Bonchev–Trinajstić information content (AvgIpc) is 3.54. The smallest absolute Gasteiger partial charge is 0.277 e. The van der Waals surface area contributed by atoms with E-state index < -0.39 is 0 Å². The molecular weight excluding hydrogens is 438 g/mol. The van der Waals surface area contributed by atoms with Crippen LogP contribution in [-0.2, 0) is 11.8 Å². The summed E-state index contributed by atoms with van der Waals surface area (Å²) in [5.74, 6) is 1.60. The number of pyridine rings is 1. The van der Waals surface area contributed by atoms with Crippen LogP contribution < -0.4 is 20.9 Å². The van der Waals surface area contributed by atoms with Gasteiger partial charge in [-0.3, -0.25) is 19.4 Å². The quantitative estimate of drug-likeness (QED) is 0.391. The minimum atomic E-state index is -0.251. The van der Waals surface area contributed by atoms with Gasteiger partial charge in [-0.05, 0) is 25.0 Å². The molecule has 11 nitrogen and oxygen atoms in total. The number of amides is 1. The van der Waals surface area contributed by atoms with Gasteiger partial charge in [0, 0.05) is 26.0 Å². The summed E-state index contributed by atoms with van der Waals surface area (Å²) in [7, 11) is 3.14. The molecule has 3 aromatic heterocycles. The number of carbonyl (C=O) groups excluding carboxylic acids is 1. The Morgan fingerprint density at radius 1 is 1.24 bits per heavy atom. The number of ether oxygens (including phenoxy) is 1. The van der Waals surface area contributed by atoms with Crippen LogP contribution in [0.4, 0.5) is 17.2 Å². The Kier molecular flexibility index (Phi) is 6.35. The summed E-state index contributed by atoms with van der Waals surface area (Å²) in [6.45, 7) is 5.71. The molecule has 0 unspecified atom stereocenters. The van der Waals surface area contributed by atoms with Crippen LogP contribution in [0.1, 0.15) is 32.6 Å². The van der Waals surface area contributed by atoms with Crippen molar-refractivity contribution >= 4 is 34.1 Å². The molecule has 34 heavy (non-hydrogen) atoms. The number of H-pyrrole nitrogens is 1. The van der Waals surface area contributed by atoms with Gasteiger partial charge in [0.05, 0.1) is 24.0 Å². The molecule has 5 rings (SSSR count). The Morgan fingerprint density at radius 3 is 2.65 bits per heavy atom. The number of benzene rings is 1. The lowest BCUT2D eigenvalue weighted by atomic mass is 10.1. The molecule has 1 aromatic carbocycles. The van der Waals surface area contributed by atoms with Crippen LogP contribution in [-0.4, -0.2) is 37.9 Å². The Balaban J connectivity index is 0.00000133. The number of anilines is 3. The predicted octanol–water partition coefficient (Wildman–Crippen LogP) is 3.75. The number of nitrogens with zero attached hydrogens (tertiary/aromatic N) is 4. The number of aromatic amines is 1. The summed E-state index contributed by atoms with van der Waals surface area (Å²) >= 11 is 0. The van der Waals surface area contributed by atoms with E-state index in [4.69, 9.17) is 9.26 Å². The van der Waals surface area contributed by atoms with Crippen LogP contribution in [0.3, 0.4) is 0 Å². The summed E-state index contributed by atoms with van der Waals surface area (Å²) in [6.07, 6.45) is 1.75. The highest BCUT2D eigenvalue weighted by molar-refractivity contribution is 5.98. The number of aromatic nitrogens is 5. The number of para-hydroxylation sites is 1. The second kappa shape index (κ2) is 9.38. The van der Waals surface area contributed by atoms with E-state index >= 15 is 0 Å². The summed E-state index contributed by atoms with van der Waals surface area (Å²) in [6, 6.07) is 7.08. The lowest BCUT2D eigenvalue weighted by Gasteiger charge is -2.15. The van der Waals surface area contributed by atoms with Gasteiger partial charge in [0.2, 0.25) is 17.6 Å². The molecule has 1 amide bonds. The fourth-order valence-electron chi connectivity index (χ4n) is 3.54. The molecule has 1 aliphatic carbocycles. The number of fused-ring (bicyclic) bond motifs is 1. The van der Waals surface area contributed by atoms with Crippen molar-refractivity contribution in [2.24, 2.45) is 13.0 Å². The molecule has 1 aliphatic rings. The van der Waals surface area contributed by atoms with E-state index in [0.717, 1.165) is 12.8 Å². The van der Waals surface area contributed by atoms with Crippen molar-refractivity contribution in [2.75, 3.05) is 17.7 Å². The van der Waals surface area contributed by atoms with Crippen LogP contribution in [0.2, 0.25) is 0 Å². The highest BCUT2D eigenvalue weighted by atomic mass is 16.5. The predicted molar refractivity (Wildman–Crippen MR) is 128 cm³/mol. The van der Waals surface area contributed by atoms with Crippen molar-refractivity contribution in [1.82, 2.24) is 24.9 Å². The van der Waals surface area contributed by atoms with Crippen molar-refractivity contribution in [1.29, 1.82) is 0 Å². The zero-order valence-electron chi connectivity index (χ0n) is 19.7. The minimum Gasteiger partial charge on any atom is -0.494 e. The van der Waals surface area contributed by atoms with E-state index in [1.807, 2.05) is 26.0 Å². The van der Waals surface area contributed by atoms with E-state index in [1.165, 1.54) is 11.8 Å². The van der Waals surface area contributed by atoms with Crippen LogP contribution in [0.5, 0.6) is 5.75 Å². The highest BCUT2D eigenvalue weighted by Crippen LogP contribution is 2.38. The van der Waals surface area contributed by atoms with Crippen LogP contribution in [0.25, 0.3) is 22.4 Å². The second-order valence-corrected chi connectivity index (χ2v) is 7.67. The monoisotopic (exact) mass is 465 g/mol. The molecule has 178 valence electrons. The van der Waals surface area contributed by atoms with E-state index in [9.17, 15) is 9.59 Å². The van der Waals surface area contributed by atoms with Crippen molar-refractivity contribution in [3.63, 3.8) is 0 Å². The molecule has 1 fully saturated rings. The van der Waals surface area contributed by atoms with Gasteiger partial charge in [-0.15, -0.1) is 0 Å². The lowest BCUT2D eigenvalue weighted by Crippen LogP contribution is -2.15. The normalized spacial score (nSPS) is 12.7. The number of methoxy groups -OCH3 is 1. The van der Waals surface area contributed by atoms with Crippen molar-refractivity contribution in [2.45, 2.75) is 33.6 Å². The maximum absolute atomic E-state index is 12.7. The lowest BCUT2D eigenvalue weighted by molar-refractivity contribution is -0.117. The molecule has 4 aromatic rings. The number of carbonyl (C=O) groups is 1. The zero-order valence-corrected chi connectivity index (χ0v) is 19.7. The largest absolute Gasteiger partial charge is 0.494 e. The highest BCUT2D eigenvalue weighted by Gasteiger charge is 2.30. The molecule has 0 aliphatic heterocycles. The molecular formula is C23H27N7O4. The van der Waals surface area contributed by atoms with Crippen LogP contribution in [0, 0.1) is 12.8 Å². The number of nitrogens with one attached hydrogen (secondary N) is 3. The number of hydrogen-bond acceptors (Lipinski definition) is 8. The van der Waals surface area contributed by atoms with E-state index in [2.05, 4.69) is 30.9 Å². The van der Waals surface area contributed by atoms with Crippen LogP contribution in [0.15, 0.2) is 33.6 Å². The van der Waals surface area contributed by atoms with E-state index in [1.54, 1.807) is 26.1 Å². The molecule has 1 saturated carbocycles. The van der Waals surface area contributed by atoms with Gasteiger partial charge in [-0.1, -0.05) is 25.1 Å². The number of rotatable bonds is 6. The molecule has 0 radical (unpaired) electrons. The van der Waals surface area contributed by atoms with Gasteiger partial charge < -0.3 is 19.9 Å². The van der Waals surface area contributed by atoms with Gasteiger partial charge in [-0.2, -0.15) is 4.98 Å². The number of hydrogen-bond donors (Lipinski definition) is 3. The molecule has 0 saturated heterocycles. The Morgan fingerprint density at radius 2 is 2.00 bits per heavy atom. The zero-order chi connectivity index (χ0) is 24.4. The molecule has 0 bridgehead atoms. The minimum absolute atomic E-state index is 0.0221. The summed E-state index contributed by atoms with van der Waals surface area (Å²) in [5, 5.41) is 13.3. The third kappa shape index (κ3) is 4.36. The molecule has 3 N–H and O–H groups in total. The summed E-state index contributed by atoms with van der Waals surface area (Å²) in [5.41, 5.74) is 1.80. The van der Waals surface area contributed by atoms with Gasteiger partial charge >= 0.3 is 0 Å². The van der Waals surface area contributed by atoms with Gasteiger partial charge in [0.1, 0.15) is 11.2 Å².